The van der Waals surface area contributed by atoms with Crippen LogP contribution in [-0.4, -0.2) is 26.8 Å². The lowest BCUT2D eigenvalue weighted by atomic mass is 10.3. The van der Waals surface area contributed by atoms with Crippen molar-refractivity contribution in [3.05, 3.63) is 38.4 Å². The van der Waals surface area contributed by atoms with Gasteiger partial charge in [-0.3, -0.25) is 20.2 Å². The zero-order valence-electron chi connectivity index (χ0n) is 8.90. The molecule has 92 valence electrons. The van der Waals surface area contributed by atoms with E-state index in [0.29, 0.717) is 10.6 Å². The smallest absolute Gasteiger partial charge is 0.289 e. The van der Waals surface area contributed by atoms with Gasteiger partial charge in [0, 0.05) is 11.8 Å². The second kappa shape index (κ2) is 5.60. The second-order valence-electron chi connectivity index (χ2n) is 3.33. The van der Waals surface area contributed by atoms with Crippen molar-refractivity contribution in [2.24, 2.45) is 0 Å². The van der Waals surface area contributed by atoms with Crippen LogP contribution < -0.4 is 0 Å². The van der Waals surface area contributed by atoms with Crippen molar-refractivity contribution in [1.82, 2.24) is 0 Å². The summed E-state index contributed by atoms with van der Waals surface area (Å²) in [6, 6.07) is 3.45. The molecule has 1 unspecified atom stereocenters. The molecular formula is C9H10N2O5S. The van der Waals surface area contributed by atoms with Crippen LogP contribution in [0.15, 0.2) is 23.1 Å². The molecule has 17 heavy (non-hydrogen) atoms. The molecule has 0 spiro atoms. The van der Waals surface area contributed by atoms with Gasteiger partial charge in [-0.25, -0.2) is 0 Å². The van der Waals surface area contributed by atoms with Gasteiger partial charge in [-0.05, 0) is 13.0 Å². The average molecular weight is 258 g/mol. The minimum absolute atomic E-state index is 0.290. The minimum Gasteiger partial charge on any atom is -0.393 e. The van der Waals surface area contributed by atoms with Gasteiger partial charge >= 0.3 is 0 Å². The molecule has 0 radical (unpaired) electrons. The van der Waals surface area contributed by atoms with E-state index in [9.17, 15) is 20.2 Å². The number of nitro groups is 2. The fourth-order valence-electron chi connectivity index (χ4n) is 1.09. The molecule has 1 N–H and O–H groups in total. The van der Waals surface area contributed by atoms with E-state index < -0.39 is 16.0 Å². The highest BCUT2D eigenvalue weighted by Crippen LogP contribution is 2.32. The van der Waals surface area contributed by atoms with Gasteiger partial charge in [0.2, 0.25) is 0 Å². The molecule has 7 nitrogen and oxygen atoms in total. The Bertz CT molecular complexity index is 449. The normalized spacial score (nSPS) is 12.1. The molecule has 0 aliphatic heterocycles. The van der Waals surface area contributed by atoms with Gasteiger partial charge in [-0.15, -0.1) is 11.8 Å². The Balaban J connectivity index is 3.04. The van der Waals surface area contributed by atoms with E-state index >= 15 is 0 Å². The molecule has 8 heteroatoms. The first-order chi connectivity index (χ1) is 7.91. The molecule has 0 saturated carbocycles. The number of aliphatic hydroxyl groups excluding tert-OH is 1. The topological polar surface area (TPSA) is 107 Å². The predicted octanol–water partition coefficient (Wildman–Crippen LogP) is 1.98. The first-order valence-corrected chi connectivity index (χ1v) is 5.64. The lowest BCUT2D eigenvalue weighted by Gasteiger charge is -2.04. The molecule has 0 fully saturated rings. The summed E-state index contributed by atoms with van der Waals surface area (Å²) in [6.07, 6.45) is -0.602. The molecule has 1 aromatic carbocycles. The SMILES string of the molecule is CC(O)CSc1ccc([N+](=O)[O-])cc1[N+](=O)[O-]. The fraction of sp³-hybridized carbons (Fsp3) is 0.333. The molecule has 0 saturated heterocycles. The van der Waals surface area contributed by atoms with E-state index in [1.165, 1.54) is 12.1 Å². The molecule has 1 rings (SSSR count). The number of rotatable bonds is 5. The average Bonchev–Trinajstić information content (AvgIpc) is 2.25. The van der Waals surface area contributed by atoms with Crippen LogP contribution in [0, 0.1) is 20.2 Å². The molecule has 1 atom stereocenters. The number of aliphatic hydroxyl groups is 1. The quantitative estimate of drug-likeness (QED) is 0.491. The largest absolute Gasteiger partial charge is 0.393 e. The van der Waals surface area contributed by atoms with Crippen LogP contribution in [0.3, 0.4) is 0 Å². The molecule has 1 aromatic rings. The Morgan fingerprint density at radius 1 is 1.35 bits per heavy atom. The van der Waals surface area contributed by atoms with Gasteiger partial charge in [0.15, 0.2) is 0 Å². The number of thioether (sulfide) groups is 1. The predicted molar refractivity (Wildman–Crippen MR) is 62.2 cm³/mol. The second-order valence-corrected chi connectivity index (χ2v) is 4.39. The van der Waals surface area contributed by atoms with Gasteiger partial charge in [0.1, 0.15) is 0 Å². The van der Waals surface area contributed by atoms with Gasteiger partial charge in [0.25, 0.3) is 11.4 Å². The van der Waals surface area contributed by atoms with E-state index in [1.54, 1.807) is 6.92 Å². The summed E-state index contributed by atoms with van der Waals surface area (Å²) in [5, 5.41) is 30.3. The zero-order valence-corrected chi connectivity index (χ0v) is 9.72. The minimum atomic E-state index is -0.684. The number of hydrogen-bond acceptors (Lipinski definition) is 6. The Morgan fingerprint density at radius 2 is 2.00 bits per heavy atom. The Morgan fingerprint density at radius 3 is 2.47 bits per heavy atom. The van der Waals surface area contributed by atoms with Crippen molar-refractivity contribution in [2.45, 2.75) is 17.9 Å². The first-order valence-electron chi connectivity index (χ1n) is 4.65. The third-order valence-electron chi connectivity index (χ3n) is 1.83. The van der Waals surface area contributed by atoms with Crippen LogP contribution in [0.4, 0.5) is 11.4 Å². The van der Waals surface area contributed by atoms with Crippen molar-refractivity contribution in [2.75, 3.05) is 5.75 Å². The van der Waals surface area contributed by atoms with Gasteiger partial charge in [-0.2, -0.15) is 0 Å². The number of nitrogens with zero attached hydrogens (tertiary/aromatic N) is 2. The molecule has 0 amide bonds. The van der Waals surface area contributed by atoms with Crippen molar-refractivity contribution in [3.63, 3.8) is 0 Å². The summed E-state index contributed by atoms with van der Waals surface area (Å²) in [7, 11) is 0. The van der Waals surface area contributed by atoms with Crippen molar-refractivity contribution in [1.29, 1.82) is 0 Å². The molecule has 0 bridgehead atoms. The number of benzene rings is 1. The summed E-state index contributed by atoms with van der Waals surface area (Å²) in [5.41, 5.74) is -0.636. The summed E-state index contributed by atoms with van der Waals surface area (Å²) in [6.45, 7) is 1.56. The summed E-state index contributed by atoms with van der Waals surface area (Å²) >= 11 is 1.09. The Kier molecular flexibility index (Phi) is 4.41. The van der Waals surface area contributed by atoms with Crippen molar-refractivity contribution < 1.29 is 15.0 Å². The van der Waals surface area contributed by atoms with Crippen molar-refractivity contribution in [3.8, 4) is 0 Å². The summed E-state index contributed by atoms with van der Waals surface area (Å²) < 4.78 is 0. The van der Waals surface area contributed by atoms with E-state index in [-0.39, 0.29) is 11.4 Å². The van der Waals surface area contributed by atoms with Crippen LogP contribution in [-0.2, 0) is 0 Å². The van der Waals surface area contributed by atoms with Crippen LogP contribution in [0.2, 0.25) is 0 Å². The Labute approximate surface area is 101 Å². The lowest BCUT2D eigenvalue weighted by molar-refractivity contribution is -0.396. The third-order valence-corrected chi connectivity index (χ3v) is 3.14. The maximum atomic E-state index is 10.7. The van der Waals surface area contributed by atoms with E-state index in [0.717, 1.165) is 17.8 Å². The van der Waals surface area contributed by atoms with Crippen LogP contribution in [0.25, 0.3) is 0 Å². The monoisotopic (exact) mass is 258 g/mol. The summed E-state index contributed by atoms with van der Waals surface area (Å²) in [5.74, 6) is 0.290. The van der Waals surface area contributed by atoms with Gasteiger partial charge in [-0.1, -0.05) is 0 Å². The van der Waals surface area contributed by atoms with Gasteiger partial charge < -0.3 is 5.11 Å². The van der Waals surface area contributed by atoms with E-state index in [4.69, 9.17) is 5.11 Å². The van der Waals surface area contributed by atoms with Crippen LogP contribution >= 0.6 is 11.8 Å². The Hall–Kier alpha value is -1.67. The maximum absolute atomic E-state index is 10.7. The lowest BCUT2D eigenvalue weighted by Crippen LogP contribution is -2.03. The van der Waals surface area contributed by atoms with Crippen LogP contribution in [0.5, 0.6) is 0 Å². The number of hydrogen-bond donors (Lipinski definition) is 1. The fourth-order valence-corrected chi connectivity index (χ4v) is 1.96. The molecular weight excluding hydrogens is 248 g/mol. The maximum Gasteiger partial charge on any atom is 0.289 e. The first kappa shape index (κ1) is 13.4. The molecule has 0 aliphatic rings. The standard InChI is InChI=1S/C9H10N2O5S/c1-6(12)5-17-9-3-2-7(10(13)14)4-8(9)11(15)16/h2-4,6,12H,5H2,1H3. The third kappa shape index (κ3) is 3.68. The highest BCUT2D eigenvalue weighted by molar-refractivity contribution is 7.99. The molecule has 0 aromatic heterocycles. The highest BCUT2D eigenvalue weighted by Gasteiger charge is 2.19. The highest BCUT2D eigenvalue weighted by atomic mass is 32.2. The van der Waals surface area contributed by atoms with Crippen molar-refractivity contribution >= 4 is 23.1 Å². The van der Waals surface area contributed by atoms with Crippen LogP contribution in [0.1, 0.15) is 6.92 Å². The van der Waals surface area contributed by atoms with E-state index in [1.807, 2.05) is 0 Å². The summed E-state index contributed by atoms with van der Waals surface area (Å²) in [4.78, 5) is 20.2. The number of nitro benzene ring substituents is 2. The molecule has 0 aliphatic carbocycles. The van der Waals surface area contributed by atoms with Gasteiger partial charge in [0.05, 0.1) is 26.9 Å². The number of non-ortho nitro benzene ring substituents is 1. The van der Waals surface area contributed by atoms with E-state index in [2.05, 4.69) is 0 Å². The molecule has 0 heterocycles. The zero-order chi connectivity index (χ0) is 13.0.